The second-order valence-electron chi connectivity index (χ2n) is 4.68. The summed E-state index contributed by atoms with van der Waals surface area (Å²) in [7, 11) is 0. The topological polar surface area (TPSA) is 68.2 Å². The molecule has 2 fully saturated rings. The Kier molecular flexibility index (Phi) is 1.95. The number of nitrogens with zero attached hydrogens (tertiary/aromatic N) is 3. The number of fused-ring (bicyclic) bond motifs is 2. The third-order valence-electron chi connectivity index (χ3n) is 3.69. The van der Waals surface area contributed by atoms with Gasteiger partial charge >= 0.3 is 6.01 Å². The SMILES string of the molecule is Cc1nnc(N2CC3CC[C@@H](C2)[C@@H]3N)o1. The second kappa shape index (κ2) is 3.20. The summed E-state index contributed by atoms with van der Waals surface area (Å²) in [5.41, 5.74) is 6.14. The maximum absolute atomic E-state index is 6.14. The first-order valence-corrected chi connectivity index (χ1v) is 5.54. The average molecular weight is 208 g/mol. The summed E-state index contributed by atoms with van der Waals surface area (Å²) in [6, 6.07) is 1.04. The molecule has 15 heavy (non-hydrogen) atoms. The van der Waals surface area contributed by atoms with Crippen LogP contribution in [0.25, 0.3) is 0 Å². The van der Waals surface area contributed by atoms with Crippen molar-refractivity contribution in [3.63, 3.8) is 0 Å². The molecule has 1 aromatic rings. The highest BCUT2D eigenvalue weighted by Gasteiger charge is 2.40. The quantitative estimate of drug-likeness (QED) is 0.730. The zero-order chi connectivity index (χ0) is 10.4. The van der Waals surface area contributed by atoms with E-state index in [9.17, 15) is 0 Å². The van der Waals surface area contributed by atoms with E-state index in [2.05, 4.69) is 15.1 Å². The minimum atomic E-state index is 0.380. The van der Waals surface area contributed by atoms with E-state index in [0.29, 0.717) is 29.8 Å². The first-order chi connectivity index (χ1) is 7.24. The Hall–Kier alpha value is -1.10. The van der Waals surface area contributed by atoms with E-state index in [1.807, 2.05) is 6.92 Å². The van der Waals surface area contributed by atoms with Crippen LogP contribution in [0.15, 0.2) is 4.42 Å². The van der Waals surface area contributed by atoms with Crippen LogP contribution in [0, 0.1) is 18.8 Å². The summed E-state index contributed by atoms with van der Waals surface area (Å²) in [6.07, 6.45) is 2.49. The van der Waals surface area contributed by atoms with E-state index < -0.39 is 0 Å². The molecule has 82 valence electrons. The van der Waals surface area contributed by atoms with Gasteiger partial charge in [0.25, 0.3) is 0 Å². The third-order valence-corrected chi connectivity index (χ3v) is 3.69. The molecule has 3 atom stereocenters. The summed E-state index contributed by atoms with van der Waals surface area (Å²) >= 11 is 0. The van der Waals surface area contributed by atoms with Crippen LogP contribution >= 0.6 is 0 Å². The van der Waals surface area contributed by atoms with Crippen LogP contribution < -0.4 is 10.6 Å². The van der Waals surface area contributed by atoms with Crippen molar-refractivity contribution < 1.29 is 4.42 Å². The largest absolute Gasteiger partial charge is 0.408 e. The number of piperidine rings is 1. The molecule has 2 aliphatic rings. The van der Waals surface area contributed by atoms with Gasteiger partial charge in [0.2, 0.25) is 5.89 Å². The summed E-state index contributed by atoms with van der Waals surface area (Å²) < 4.78 is 5.45. The summed E-state index contributed by atoms with van der Waals surface area (Å²) in [5, 5.41) is 7.92. The predicted molar refractivity (Wildman–Crippen MR) is 55.4 cm³/mol. The van der Waals surface area contributed by atoms with Crippen LogP contribution in [0.3, 0.4) is 0 Å². The zero-order valence-corrected chi connectivity index (χ0v) is 8.89. The molecule has 1 aliphatic carbocycles. The van der Waals surface area contributed by atoms with Gasteiger partial charge in [-0.05, 0) is 24.7 Å². The highest BCUT2D eigenvalue weighted by Crippen LogP contribution is 2.36. The van der Waals surface area contributed by atoms with Gasteiger partial charge in [0.15, 0.2) is 0 Å². The van der Waals surface area contributed by atoms with Crippen molar-refractivity contribution >= 4 is 6.01 Å². The highest BCUT2D eigenvalue weighted by molar-refractivity contribution is 5.27. The van der Waals surface area contributed by atoms with E-state index >= 15 is 0 Å². The Balaban J connectivity index is 1.80. The lowest BCUT2D eigenvalue weighted by Crippen LogP contribution is -2.48. The first-order valence-electron chi connectivity index (χ1n) is 5.54. The molecule has 3 rings (SSSR count). The first kappa shape index (κ1) is 9.15. The fourth-order valence-electron chi connectivity index (χ4n) is 2.83. The smallest absolute Gasteiger partial charge is 0.318 e. The summed E-state index contributed by atoms with van der Waals surface area (Å²) in [5.74, 6) is 1.85. The lowest BCUT2D eigenvalue weighted by Gasteiger charge is -2.34. The van der Waals surface area contributed by atoms with E-state index in [1.54, 1.807) is 0 Å². The molecule has 0 aromatic carbocycles. The second-order valence-corrected chi connectivity index (χ2v) is 4.68. The lowest BCUT2D eigenvalue weighted by atomic mass is 9.93. The number of aryl methyl sites for hydroxylation is 1. The molecule has 2 N–H and O–H groups in total. The molecular weight excluding hydrogens is 192 g/mol. The molecule has 0 spiro atoms. The fraction of sp³-hybridized carbons (Fsp3) is 0.800. The van der Waals surface area contributed by atoms with E-state index in [4.69, 9.17) is 10.2 Å². The lowest BCUT2D eigenvalue weighted by molar-refractivity contribution is 0.340. The monoisotopic (exact) mass is 208 g/mol. The van der Waals surface area contributed by atoms with Crippen LogP contribution in [-0.4, -0.2) is 29.3 Å². The predicted octanol–water partition coefficient (Wildman–Crippen LogP) is 0.552. The minimum absolute atomic E-state index is 0.380. The number of nitrogens with two attached hydrogens (primary N) is 1. The fourth-order valence-corrected chi connectivity index (χ4v) is 2.83. The molecule has 5 heteroatoms. The van der Waals surface area contributed by atoms with Crippen molar-refractivity contribution in [3.8, 4) is 0 Å². The molecule has 1 unspecified atom stereocenters. The molecule has 5 nitrogen and oxygen atoms in total. The van der Waals surface area contributed by atoms with Crippen LogP contribution in [0.2, 0.25) is 0 Å². The van der Waals surface area contributed by atoms with Crippen molar-refractivity contribution in [2.24, 2.45) is 17.6 Å². The molecule has 1 aliphatic heterocycles. The van der Waals surface area contributed by atoms with Gasteiger partial charge in [-0.15, -0.1) is 5.10 Å². The van der Waals surface area contributed by atoms with Gasteiger partial charge in [-0.25, -0.2) is 0 Å². The van der Waals surface area contributed by atoms with Crippen molar-refractivity contribution in [1.29, 1.82) is 0 Å². The van der Waals surface area contributed by atoms with Gasteiger partial charge in [0, 0.05) is 26.1 Å². The minimum Gasteiger partial charge on any atom is -0.408 e. The van der Waals surface area contributed by atoms with E-state index in [1.165, 1.54) is 12.8 Å². The van der Waals surface area contributed by atoms with Crippen LogP contribution in [-0.2, 0) is 0 Å². The standard InChI is InChI=1S/C10H16N4O/c1-6-12-13-10(15-6)14-4-7-2-3-8(5-14)9(7)11/h7-9H,2-5,11H2,1H3/t7-,8?,9-/m0/s1. The molecule has 0 amide bonds. The Morgan fingerprint density at radius 1 is 1.27 bits per heavy atom. The molecule has 1 saturated carbocycles. The van der Waals surface area contributed by atoms with Crippen molar-refractivity contribution in [1.82, 2.24) is 10.2 Å². The number of anilines is 1. The van der Waals surface area contributed by atoms with Crippen molar-refractivity contribution in [2.75, 3.05) is 18.0 Å². The van der Waals surface area contributed by atoms with E-state index in [0.717, 1.165) is 13.1 Å². The Morgan fingerprint density at radius 2 is 1.93 bits per heavy atom. The molecule has 2 heterocycles. The van der Waals surface area contributed by atoms with Crippen molar-refractivity contribution in [2.45, 2.75) is 25.8 Å². The number of hydrogen-bond donors (Lipinski definition) is 1. The average Bonchev–Trinajstić information content (AvgIpc) is 2.70. The Bertz CT molecular complexity index is 350. The third kappa shape index (κ3) is 1.42. The number of rotatable bonds is 1. The van der Waals surface area contributed by atoms with Crippen LogP contribution in [0.4, 0.5) is 6.01 Å². The zero-order valence-electron chi connectivity index (χ0n) is 8.89. The molecule has 2 bridgehead atoms. The molecular formula is C10H16N4O. The maximum Gasteiger partial charge on any atom is 0.318 e. The summed E-state index contributed by atoms with van der Waals surface area (Å²) in [6.45, 7) is 3.76. The molecule has 1 saturated heterocycles. The Morgan fingerprint density at radius 3 is 2.47 bits per heavy atom. The van der Waals surface area contributed by atoms with Crippen LogP contribution in [0.5, 0.6) is 0 Å². The van der Waals surface area contributed by atoms with Gasteiger partial charge in [-0.1, -0.05) is 5.10 Å². The van der Waals surface area contributed by atoms with Crippen LogP contribution in [0.1, 0.15) is 18.7 Å². The van der Waals surface area contributed by atoms with Gasteiger partial charge < -0.3 is 15.1 Å². The van der Waals surface area contributed by atoms with Gasteiger partial charge in [-0.3, -0.25) is 0 Å². The molecule has 0 radical (unpaired) electrons. The normalized spacial score (nSPS) is 34.8. The highest BCUT2D eigenvalue weighted by atomic mass is 16.4. The Labute approximate surface area is 88.6 Å². The van der Waals surface area contributed by atoms with Gasteiger partial charge in [-0.2, -0.15) is 0 Å². The number of hydrogen-bond acceptors (Lipinski definition) is 5. The van der Waals surface area contributed by atoms with Crippen molar-refractivity contribution in [3.05, 3.63) is 5.89 Å². The maximum atomic E-state index is 6.14. The summed E-state index contributed by atoms with van der Waals surface area (Å²) in [4.78, 5) is 2.19. The van der Waals surface area contributed by atoms with Gasteiger partial charge in [0.05, 0.1) is 0 Å². The van der Waals surface area contributed by atoms with E-state index in [-0.39, 0.29) is 0 Å². The molecule has 1 aromatic heterocycles. The number of aromatic nitrogens is 2. The van der Waals surface area contributed by atoms with Gasteiger partial charge in [0.1, 0.15) is 0 Å².